The van der Waals surface area contributed by atoms with Crippen LogP contribution < -0.4 is 20.1 Å². The van der Waals surface area contributed by atoms with Gasteiger partial charge in [-0.15, -0.1) is 0 Å². The molecule has 5 nitrogen and oxygen atoms in total. The third-order valence-corrected chi connectivity index (χ3v) is 5.43. The minimum absolute atomic E-state index is 0.133. The summed E-state index contributed by atoms with van der Waals surface area (Å²) in [7, 11) is 0. The van der Waals surface area contributed by atoms with E-state index in [1.54, 1.807) is 0 Å². The third kappa shape index (κ3) is 9.18. The topological polar surface area (TPSA) is 59.6 Å². The largest absolute Gasteiger partial charge is 0.494 e. The summed E-state index contributed by atoms with van der Waals surface area (Å²) in [5.41, 5.74) is 2.83. The van der Waals surface area contributed by atoms with Crippen molar-refractivity contribution in [2.45, 2.75) is 45.4 Å². The number of aryl methyl sites for hydroxylation is 1. The molecule has 0 saturated heterocycles. The number of para-hydroxylation sites is 2. The van der Waals surface area contributed by atoms with Crippen molar-refractivity contribution >= 4 is 17.3 Å². The van der Waals surface area contributed by atoms with Crippen molar-refractivity contribution in [2.24, 2.45) is 0 Å². The summed E-state index contributed by atoms with van der Waals surface area (Å²) < 4.78 is 11.8. The van der Waals surface area contributed by atoms with Gasteiger partial charge < -0.3 is 20.1 Å². The number of hydrogen-bond acceptors (Lipinski definition) is 4. The number of carbonyl (C=O) groups excluding carboxylic acids is 1. The van der Waals surface area contributed by atoms with Crippen LogP contribution in [-0.4, -0.2) is 25.7 Å². The van der Waals surface area contributed by atoms with Crippen LogP contribution in [0.4, 0.5) is 11.4 Å². The summed E-state index contributed by atoms with van der Waals surface area (Å²) >= 11 is 0. The average molecular weight is 461 g/mol. The molecule has 0 fully saturated rings. The van der Waals surface area contributed by atoms with Crippen molar-refractivity contribution in [1.29, 1.82) is 0 Å². The SMILES string of the molecule is CCCCCCOc1cccc(NCC(=O)Nc2ccccc2OCCCc2ccccc2)c1. The Morgan fingerprint density at radius 3 is 2.44 bits per heavy atom. The summed E-state index contributed by atoms with van der Waals surface area (Å²) in [5, 5.41) is 6.12. The predicted molar refractivity (Wildman–Crippen MR) is 140 cm³/mol. The molecule has 0 saturated carbocycles. The molecule has 3 aromatic carbocycles. The van der Waals surface area contributed by atoms with Gasteiger partial charge in [-0.1, -0.05) is 74.7 Å². The second-order valence-electron chi connectivity index (χ2n) is 8.27. The Bertz CT molecular complexity index is 991. The first kappa shape index (κ1) is 25.2. The quantitative estimate of drug-likeness (QED) is 0.248. The number of unbranched alkanes of at least 4 members (excludes halogenated alkanes) is 3. The molecule has 5 heteroatoms. The standard InChI is InChI=1S/C29H36N2O3/c1-2-3-4-10-20-33-26-17-11-16-25(22-26)30-23-29(32)31-27-18-8-9-19-28(27)34-21-12-15-24-13-6-5-7-14-24/h5-9,11,13-14,16-19,22,30H,2-4,10,12,15,20-21,23H2,1H3,(H,31,32). The van der Waals surface area contributed by atoms with E-state index in [4.69, 9.17) is 9.47 Å². The van der Waals surface area contributed by atoms with E-state index in [-0.39, 0.29) is 12.5 Å². The molecular formula is C29H36N2O3. The van der Waals surface area contributed by atoms with Crippen LogP contribution in [0.5, 0.6) is 11.5 Å². The highest BCUT2D eigenvalue weighted by Crippen LogP contribution is 2.24. The Morgan fingerprint density at radius 1 is 0.794 bits per heavy atom. The first-order chi connectivity index (χ1) is 16.7. The molecule has 180 valence electrons. The molecule has 2 N–H and O–H groups in total. The lowest BCUT2D eigenvalue weighted by atomic mass is 10.1. The monoisotopic (exact) mass is 460 g/mol. The van der Waals surface area contributed by atoms with Crippen LogP contribution in [0.3, 0.4) is 0 Å². The van der Waals surface area contributed by atoms with Crippen molar-refractivity contribution in [2.75, 3.05) is 30.4 Å². The summed E-state index contributed by atoms with van der Waals surface area (Å²) in [5.74, 6) is 1.37. The highest BCUT2D eigenvalue weighted by atomic mass is 16.5. The second kappa shape index (κ2) is 14.6. The molecule has 0 spiro atoms. The average Bonchev–Trinajstić information content (AvgIpc) is 2.87. The molecular weight excluding hydrogens is 424 g/mol. The first-order valence-corrected chi connectivity index (χ1v) is 12.3. The van der Waals surface area contributed by atoms with Gasteiger partial charge in [0.05, 0.1) is 25.4 Å². The van der Waals surface area contributed by atoms with Gasteiger partial charge in [-0.05, 0) is 49.1 Å². The molecule has 0 aromatic heterocycles. The first-order valence-electron chi connectivity index (χ1n) is 12.3. The van der Waals surface area contributed by atoms with Gasteiger partial charge in [0.15, 0.2) is 0 Å². The van der Waals surface area contributed by atoms with E-state index in [9.17, 15) is 4.79 Å². The molecule has 0 unspecified atom stereocenters. The number of carbonyl (C=O) groups is 1. The number of benzene rings is 3. The zero-order valence-corrected chi connectivity index (χ0v) is 20.1. The number of ether oxygens (including phenoxy) is 2. The van der Waals surface area contributed by atoms with Gasteiger partial charge in [0.25, 0.3) is 0 Å². The summed E-state index contributed by atoms with van der Waals surface area (Å²) in [4.78, 5) is 12.5. The van der Waals surface area contributed by atoms with Crippen LogP contribution in [0.1, 0.15) is 44.6 Å². The van der Waals surface area contributed by atoms with E-state index in [2.05, 4.69) is 29.7 Å². The van der Waals surface area contributed by atoms with Gasteiger partial charge >= 0.3 is 0 Å². The zero-order chi connectivity index (χ0) is 23.8. The lowest BCUT2D eigenvalue weighted by Gasteiger charge is -2.13. The van der Waals surface area contributed by atoms with Crippen molar-refractivity contribution in [3.05, 3.63) is 84.4 Å². The van der Waals surface area contributed by atoms with Crippen LogP contribution in [0.2, 0.25) is 0 Å². The molecule has 0 radical (unpaired) electrons. The maximum absolute atomic E-state index is 12.5. The van der Waals surface area contributed by atoms with Crippen molar-refractivity contribution in [3.63, 3.8) is 0 Å². The van der Waals surface area contributed by atoms with Gasteiger partial charge in [-0.3, -0.25) is 4.79 Å². The van der Waals surface area contributed by atoms with E-state index in [1.807, 2.05) is 66.7 Å². The Hall–Kier alpha value is -3.47. The molecule has 3 aromatic rings. The number of nitrogens with one attached hydrogen (secondary N) is 2. The van der Waals surface area contributed by atoms with Gasteiger partial charge in [0.1, 0.15) is 11.5 Å². The van der Waals surface area contributed by atoms with Gasteiger partial charge in [-0.2, -0.15) is 0 Å². The van der Waals surface area contributed by atoms with E-state index >= 15 is 0 Å². The Morgan fingerprint density at radius 2 is 1.59 bits per heavy atom. The summed E-state index contributed by atoms with van der Waals surface area (Å²) in [6, 6.07) is 25.6. The normalized spacial score (nSPS) is 10.5. The molecule has 0 aliphatic carbocycles. The van der Waals surface area contributed by atoms with Crippen molar-refractivity contribution in [1.82, 2.24) is 0 Å². The molecule has 3 rings (SSSR count). The van der Waals surface area contributed by atoms with E-state index in [0.29, 0.717) is 24.7 Å². The maximum atomic E-state index is 12.5. The van der Waals surface area contributed by atoms with Crippen LogP contribution in [0.15, 0.2) is 78.9 Å². The summed E-state index contributed by atoms with van der Waals surface area (Å²) in [6.45, 7) is 3.66. The highest BCUT2D eigenvalue weighted by Gasteiger charge is 2.08. The van der Waals surface area contributed by atoms with Gasteiger partial charge in [0.2, 0.25) is 5.91 Å². The molecule has 34 heavy (non-hydrogen) atoms. The van der Waals surface area contributed by atoms with Gasteiger partial charge in [0, 0.05) is 11.8 Å². The molecule has 0 bridgehead atoms. The minimum Gasteiger partial charge on any atom is -0.494 e. The Balaban J connectivity index is 1.42. The fourth-order valence-corrected chi connectivity index (χ4v) is 3.59. The Kier molecular flexibility index (Phi) is 10.8. The molecule has 0 aliphatic heterocycles. The van der Waals surface area contributed by atoms with Crippen LogP contribution in [0.25, 0.3) is 0 Å². The molecule has 0 atom stereocenters. The minimum atomic E-state index is -0.133. The highest BCUT2D eigenvalue weighted by molar-refractivity contribution is 5.95. The molecule has 1 amide bonds. The third-order valence-electron chi connectivity index (χ3n) is 5.43. The van der Waals surface area contributed by atoms with Gasteiger partial charge in [-0.25, -0.2) is 0 Å². The lowest BCUT2D eigenvalue weighted by Crippen LogP contribution is -2.22. The zero-order valence-electron chi connectivity index (χ0n) is 20.1. The molecule has 0 heterocycles. The van der Waals surface area contributed by atoms with Crippen molar-refractivity contribution in [3.8, 4) is 11.5 Å². The van der Waals surface area contributed by atoms with Crippen LogP contribution in [-0.2, 0) is 11.2 Å². The Labute approximate surface area is 203 Å². The lowest BCUT2D eigenvalue weighted by molar-refractivity contribution is -0.114. The smallest absolute Gasteiger partial charge is 0.243 e. The van der Waals surface area contributed by atoms with Crippen LogP contribution in [0, 0.1) is 0 Å². The number of hydrogen-bond donors (Lipinski definition) is 2. The number of rotatable bonds is 15. The predicted octanol–water partition coefficient (Wildman–Crippen LogP) is 6.71. The summed E-state index contributed by atoms with van der Waals surface area (Å²) in [6.07, 6.45) is 6.56. The van der Waals surface area contributed by atoms with Crippen molar-refractivity contribution < 1.29 is 14.3 Å². The van der Waals surface area contributed by atoms with E-state index in [1.165, 1.54) is 24.8 Å². The van der Waals surface area contributed by atoms with Crippen LogP contribution >= 0.6 is 0 Å². The maximum Gasteiger partial charge on any atom is 0.243 e. The van der Waals surface area contributed by atoms with E-state index in [0.717, 1.165) is 30.7 Å². The number of anilines is 2. The van der Waals surface area contributed by atoms with E-state index < -0.39 is 0 Å². The fourth-order valence-electron chi connectivity index (χ4n) is 3.59. The molecule has 0 aliphatic rings. The number of amides is 1. The fraction of sp³-hybridized carbons (Fsp3) is 0.345. The second-order valence-corrected chi connectivity index (χ2v) is 8.27.